The van der Waals surface area contributed by atoms with Crippen molar-refractivity contribution in [3.63, 3.8) is 0 Å². The van der Waals surface area contributed by atoms with E-state index in [0.717, 1.165) is 18.7 Å². The van der Waals surface area contributed by atoms with Crippen molar-refractivity contribution < 1.29 is 9.50 Å². The van der Waals surface area contributed by atoms with Crippen LogP contribution in [0.3, 0.4) is 0 Å². The molecule has 1 fully saturated rings. The summed E-state index contributed by atoms with van der Waals surface area (Å²) >= 11 is 0. The Morgan fingerprint density at radius 2 is 2.18 bits per heavy atom. The summed E-state index contributed by atoms with van der Waals surface area (Å²) in [5.41, 5.74) is 0.932. The molecule has 2 nitrogen and oxygen atoms in total. The molecule has 2 rings (SSSR count). The highest BCUT2D eigenvalue weighted by molar-refractivity contribution is 5.28. The number of phenolic OH excluding ortho intramolecular Hbond substituents is 1. The minimum absolute atomic E-state index is 0.270. The van der Waals surface area contributed by atoms with Crippen molar-refractivity contribution in [2.45, 2.75) is 39.3 Å². The maximum atomic E-state index is 13.2. The Bertz CT molecular complexity index is 394. The highest BCUT2D eigenvalue weighted by Crippen LogP contribution is 2.25. The monoisotopic (exact) mass is 237 g/mol. The molecule has 2 unspecified atom stereocenters. The van der Waals surface area contributed by atoms with E-state index in [4.69, 9.17) is 5.11 Å². The van der Waals surface area contributed by atoms with Gasteiger partial charge in [-0.2, -0.15) is 0 Å². The smallest absolute Gasteiger partial charge is 0.165 e. The molecule has 1 heterocycles. The number of nitrogens with zero attached hydrogens (tertiary/aromatic N) is 1. The zero-order valence-corrected chi connectivity index (χ0v) is 10.5. The summed E-state index contributed by atoms with van der Waals surface area (Å²) in [6.45, 7) is 6.35. The fourth-order valence-corrected chi connectivity index (χ4v) is 2.53. The highest BCUT2D eigenvalue weighted by atomic mass is 19.1. The van der Waals surface area contributed by atoms with Gasteiger partial charge in [0.15, 0.2) is 11.6 Å². The summed E-state index contributed by atoms with van der Waals surface area (Å²) in [5.74, 6) is -0.0975. The van der Waals surface area contributed by atoms with E-state index < -0.39 is 5.82 Å². The van der Waals surface area contributed by atoms with Crippen molar-refractivity contribution >= 4 is 0 Å². The first-order valence-corrected chi connectivity index (χ1v) is 6.29. The van der Waals surface area contributed by atoms with E-state index in [-0.39, 0.29) is 5.75 Å². The normalized spacial score (nSPS) is 26.1. The second-order valence-electron chi connectivity index (χ2n) is 5.12. The standard InChI is InChI=1S/C14H20FNO/c1-10-4-3-7-16(11(10)2)9-12-5-6-14(17)13(15)8-12/h5-6,8,10-11,17H,3-4,7,9H2,1-2H3. The van der Waals surface area contributed by atoms with Gasteiger partial charge in [0, 0.05) is 12.6 Å². The summed E-state index contributed by atoms with van der Waals surface area (Å²) in [6.07, 6.45) is 2.49. The van der Waals surface area contributed by atoms with Crippen LogP contribution in [0.1, 0.15) is 32.3 Å². The molecule has 0 aromatic heterocycles. The zero-order chi connectivity index (χ0) is 12.4. The molecule has 0 aliphatic carbocycles. The van der Waals surface area contributed by atoms with Gasteiger partial charge in [-0.1, -0.05) is 13.0 Å². The predicted octanol–water partition coefficient (Wildman–Crippen LogP) is 3.15. The third-order valence-corrected chi connectivity index (χ3v) is 3.90. The molecule has 1 aliphatic heterocycles. The van der Waals surface area contributed by atoms with E-state index in [1.54, 1.807) is 6.07 Å². The fraction of sp³-hybridized carbons (Fsp3) is 0.571. The summed E-state index contributed by atoms with van der Waals surface area (Å²) in [6, 6.07) is 5.20. The van der Waals surface area contributed by atoms with Gasteiger partial charge >= 0.3 is 0 Å². The van der Waals surface area contributed by atoms with Gasteiger partial charge in [0.2, 0.25) is 0 Å². The molecule has 17 heavy (non-hydrogen) atoms. The zero-order valence-electron chi connectivity index (χ0n) is 10.5. The highest BCUT2D eigenvalue weighted by Gasteiger charge is 2.24. The van der Waals surface area contributed by atoms with Gasteiger partial charge in [-0.3, -0.25) is 4.90 Å². The fourth-order valence-electron chi connectivity index (χ4n) is 2.53. The van der Waals surface area contributed by atoms with Crippen LogP contribution in [0.15, 0.2) is 18.2 Å². The molecule has 0 amide bonds. The Labute approximate surface area is 102 Å². The first-order valence-electron chi connectivity index (χ1n) is 6.29. The van der Waals surface area contributed by atoms with E-state index in [0.29, 0.717) is 12.0 Å². The maximum absolute atomic E-state index is 13.2. The quantitative estimate of drug-likeness (QED) is 0.854. The topological polar surface area (TPSA) is 23.5 Å². The Morgan fingerprint density at radius 3 is 2.88 bits per heavy atom. The van der Waals surface area contributed by atoms with Gasteiger partial charge in [0.05, 0.1) is 0 Å². The second kappa shape index (κ2) is 5.05. The van der Waals surface area contributed by atoms with Crippen molar-refractivity contribution in [3.05, 3.63) is 29.6 Å². The van der Waals surface area contributed by atoms with Crippen LogP contribution < -0.4 is 0 Å². The van der Waals surface area contributed by atoms with Crippen molar-refractivity contribution in [2.24, 2.45) is 5.92 Å². The van der Waals surface area contributed by atoms with Crippen LogP contribution in [0, 0.1) is 11.7 Å². The van der Waals surface area contributed by atoms with Crippen LogP contribution in [-0.4, -0.2) is 22.6 Å². The largest absolute Gasteiger partial charge is 0.505 e. The second-order valence-corrected chi connectivity index (χ2v) is 5.12. The lowest BCUT2D eigenvalue weighted by molar-refractivity contribution is 0.106. The van der Waals surface area contributed by atoms with Crippen LogP contribution in [0.2, 0.25) is 0 Å². The lowest BCUT2D eigenvalue weighted by Crippen LogP contribution is -2.41. The van der Waals surface area contributed by atoms with E-state index >= 15 is 0 Å². The predicted molar refractivity (Wildman–Crippen MR) is 66.3 cm³/mol. The van der Waals surface area contributed by atoms with Crippen LogP contribution in [0.25, 0.3) is 0 Å². The lowest BCUT2D eigenvalue weighted by Gasteiger charge is -2.38. The molecule has 2 atom stereocenters. The summed E-state index contributed by atoms with van der Waals surface area (Å²) in [7, 11) is 0. The third kappa shape index (κ3) is 2.78. The Kier molecular flexibility index (Phi) is 3.67. The summed E-state index contributed by atoms with van der Waals surface area (Å²) < 4.78 is 13.2. The van der Waals surface area contributed by atoms with Crippen LogP contribution in [-0.2, 0) is 6.54 Å². The number of piperidine rings is 1. The van der Waals surface area contributed by atoms with Crippen LogP contribution in [0.5, 0.6) is 5.75 Å². The molecule has 3 heteroatoms. The molecule has 94 valence electrons. The van der Waals surface area contributed by atoms with E-state index in [1.165, 1.54) is 25.0 Å². The van der Waals surface area contributed by atoms with Crippen LogP contribution in [0.4, 0.5) is 4.39 Å². The first-order chi connectivity index (χ1) is 8.08. The summed E-state index contributed by atoms with van der Waals surface area (Å²) in [5, 5.41) is 9.16. The molecule has 1 aliphatic rings. The lowest BCUT2D eigenvalue weighted by atomic mass is 9.92. The van der Waals surface area contributed by atoms with Crippen LogP contribution >= 0.6 is 0 Å². The molecule has 0 radical (unpaired) electrons. The van der Waals surface area contributed by atoms with Gasteiger partial charge in [-0.15, -0.1) is 0 Å². The molecule has 1 aromatic rings. The van der Waals surface area contributed by atoms with E-state index in [9.17, 15) is 4.39 Å². The van der Waals surface area contributed by atoms with Gasteiger partial charge in [-0.25, -0.2) is 4.39 Å². The molecule has 1 N–H and O–H groups in total. The van der Waals surface area contributed by atoms with Gasteiger partial charge in [-0.05, 0) is 49.9 Å². The summed E-state index contributed by atoms with van der Waals surface area (Å²) in [4.78, 5) is 2.39. The number of likely N-dealkylation sites (tertiary alicyclic amines) is 1. The molecule has 0 saturated carbocycles. The molecule has 1 aromatic carbocycles. The molecule has 0 spiro atoms. The minimum atomic E-state index is -0.528. The SMILES string of the molecule is CC1CCCN(Cc2ccc(O)c(F)c2)C1C. The van der Waals surface area contributed by atoms with Crippen molar-refractivity contribution in [1.29, 1.82) is 0 Å². The molecular formula is C14H20FNO. The molecule has 0 bridgehead atoms. The Hall–Kier alpha value is -1.09. The molecule has 1 saturated heterocycles. The third-order valence-electron chi connectivity index (χ3n) is 3.90. The minimum Gasteiger partial charge on any atom is -0.505 e. The number of hydrogen-bond donors (Lipinski definition) is 1. The number of benzene rings is 1. The van der Waals surface area contributed by atoms with Gasteiger partial charge in [0.1, 0.15) is 0 Å². The van der Waals surface area contributed by atoms with Crippen molar-refractivity contribution in [3.8, 4) is 5.75 Å². The number of aromatic hydroxyl groups is 1. The average molecular weight is 237 g/mol. The molecular weight excluding hydrogens is 217 g/mol. The Balaban J connectivity index is 2.07. The maximum Gasteiger partial charge on any atom is 0.165 e. The van der Waals surface area contributed by atoms with Crippen molar-refractivity contribution in [1.82, 2.24) is 4.90 Å². The Morgan fingerprint density at radius 1 is 1.41 bits per heavy atom. The van der Waals surface area contributed by atoms with Gasteiger partial charge in [0.25, 0.3) is 0 Å². The van der Waals surface area contributed by atoms with E-state index in [2.05, 4.69) is 18.7 Å². The number of hydrogen-bond acceptors (Lipinski definition) is 2. The first kappa shape index (κ1) is 12.4. The van der Waals surface area contributed by atoms with E-state index in [1.807, 2.05) is 0 Å². The number of halogens is 1. The number of phenols is 1. The van der Waals surface area contributed by atoms with Crippen molar-refractivity contribution in [2.75, 3.05) is 6.54 Å². The van der Waals surface area contributed by atoms with Gasteiger partial charge < -0.3 is 5.11 Å². The average Bonchev–Trinajstić information content (AvgIpc) is 2.30. The number of rotatable bonds is 2.